The summed E-state index contributed by atoms with van der Waals surface area (Å²) in [5, 5.41) is 35.0. The van der Waals surface area contributed by atoms with Crippen molar-refractivity contribution in [1.82, 2.24) is 44.9 Å². The Kier molecular flexibility index (Phi) is 21.3. The summed E-state index contributed by atoms with van der Waals surface area (Å²) in [6.07, 6.45) is -1.05. The Balaban J connectivity index is 0.000000162. The Morgan fingerprint density at radius 2 is 0.760 bits per heavy atom. The summed E-state index contributed by atoms with van der Waals surface area (Å²) in [4.78, 5) is 109. The second-order valence-corrected chi connectivity index (χ2v) is 20.5. The summed E-state index contributed by atoms with van der Waals surface area (Å²) in [5.74, 6) is -8.20. The monoisotopic (exact) mass is 1390 g/mol. The maximum Gasteiger partial charge on any atom is 0.422 e. The maximum atomic E-state index is 14.6. The molecule has 12 rings (SSSR count). The Morgan fingerprint density at radius 1 is 0.420 bits per heavy atom. The summed E-state index contributed by atoms with van der Waals surface area (Å²) >= 11 is 6.01. The molecule has 0 aliphatic rings. The van der Waals surface area contributed by atoms with Gasteiger partial charge in [0.25, 0.3) is 35.4 Å². The number of halogens is 6. The van der Waals surface area contributed by atoms with Gasteiger partial charge in [0.2, 0.25) is 0 Å². The number of alkyl halides is 3. The highest BCUT2D eigenvalue weighted by Crippen LogP contribution is 2.36. The molecule has 0 aliphatic heterocycles. The number of nitrogens with zero attached hydrogens (tertiary/aromatic N) is 9. The van der Waals surface area contributed by atoms with Crippen LogP contribution in [0.2, 0.25) is 5.02 Å². The van der Waals surface area contributed by atoms with Crippen LogP contribution in [0.15, 0.2) is 182 Å². The van der Waals surface area contributed by atoms with Gasteiger partial charge in [0, 0.05) is 23.2 Å². The second kappa shape index (κ2) is 30.8. The summed E-state index contributed by atoms with van der Waals surface area (Å²) < 4.78 is 97.8. The first-order chi connectivity index (χ1) is 48.0. The van der Waals surface area contributed by atoms with Crippen molar-refractivity contribution in [3.63, 3.8) is 0 Å². The third kappa shape index (κ3) is 17.6. The zero-order chi connectivity index (χ0) is 71.2. The lowest BCUT2D eigenvalue weighted by Crippen LogP contribution is -2.19. The zero-order valence-electron chi connectivity index (χ0n) is 51.1. The van der Waals surface area contributed by atoms with Gasteiger partial charge in [-0.05, 0) is 109 Å². The van der Waals surface area contributed by atoms with Crippen molar-refractivity contribution in [3.05, 3.63) is 233 Å². The predicted octanol–water partition coefficient (Wildman–Crippen LogP) is 13.2. The predicted molar refractivity (Wildman–Crippen MR) is 345 cm³/mol. The lowest BCUT2D eigenvalue weighted by molar-refractivity contribution is -0.153. The minimum absolute atomic E-state index is 0.0445. The lowest BCUT2D eigenvalue weighted by Gasteiger charge is -2.13. The van der Waals surface area contributed by atoms with Crippen molar-refractivity contribution in [3.8, 4) is 52.1 Å². The average Bonchev–Trinajstić information content (AvgIpc) is 0.805. The van der Waals surface area contributed by atoms with Crippen molar-refractivity contribution >= 4 is 97.4 Å². The van der Waals surface area contributed by atoms with Crippen molar-refractivity contribution in [2.75, 3.05) is 36.8 Å². The number of pyridine rings is 3. The number of carboxylic acid groups (broad SMARTS) is 3. The van der Waals surface area contributed by atoms with E-state index in [9.17, 15) is 50.7 Å². The standard InChI is InChI=1S/C23H14F4N4O5.C22H15ClN4O5.C22H15FN4O5/c24-14-9-13(35-11-23(25,26)27)6-8-18(14)36-21-19(30-15-3-1-2-4-16(15)31-21)20(32)29-12-5-7-17(22(33)34)28-10-12;1-31-18-10-12(23)6-9-17(18)32-21-19(26-14-4-2-3-5-15(14)27-21)20(28)25-13-7-8-16(22(29)30)24-11-13;1-31-13-7-9-18(14(23)10-13)32-21-19(26-15-4-2-3-5-16(15)27-21)20(28)25-12-6-8-17(22(29)30)24-11-12/h1-10H,11H2,(H,29,32)(H,33,34);2*2-11H,1H3,(H,25,28)(H,29,30). The fourth-order valence-corrected chi connectivity index (χ4v) is 8.67. The first-order valence-corrected chi connectivity index (χ1v) is 28.9. The number of amides is 3. The summed E-state index contributed by atoms with van der Waals surface area (Å²) in [6, 6.07) is 39.7. The number of benzene rings is 6. The Labute approximate surface area is 562 Å². The fraction of sp³-hybridized carbons (Fsp3) is 0.0597. The summed E-state index contributed by atoms with van der Waals surface area (Å²) in [6.45, 7) is -1.60. The Morgan fingerprint density at radius 3 is 1.08 bits per heavy atom. The van der Waals surface area contributed by atoms with Crippen LogP contribution in [0.25, 0.3) is 33.1 Å². The third-order valence-electron chi connectivity index (χ3n) is 13.2. The highest BCUT2D eigenvalue weighted by atomic mass is 35.5. The smallest absolute Gasteiger partial charge is 0.422 e. The van der Waals surface area contributed by atoms with Gasteiger partial charge in [-0.25, -0.2) is 68.0 Å². The molecule has 6 aromatic heterocycles. The molecule has 0 spiro atoms. The van der Waals surface area contributed by atoms with Crippen LogP contribution in [-0.4, -0.2) is 123 Å². The van der Waals surface area contributed by atoms with E-state index in [-0.39, 0.29) is 80.4 Å². The number of aromatic carboxylic acids is 3. The van der Waals surface area contributed by atoms with Crippen molar-refractivity contribution in [2.24, 2.45) is 0 Å². The van der Waals surface area contributed by atoms with Gasteiger partial charge >= 0.3 is 24.1 Å². The maximum absolute atomic E-state index is 14.6. The normalized spacial score (nSPS) is 10.8. The first kappa shape index (κ1) is 69.2. The van der Waals surface area contributed by atoms with E-state index < -0.39 is 65.8 Å². The molecule has 0 saturated carbocycles. The molecule has 0 fully saturated rings. The molecule has 504 valence electrons. The van der Waals surface area contributed by atoms with Gasteiger partial charge in [0.15, 0.2) is 58.3 Å². The van der Waals surface area contributed by atoms with Gasteiger partial charge in [-0.15, -0.1) is 0 Å². The number of aromatic nitrogens is 9. The number of para-hydroxylation sites is 6. The number of ether oxygens (including phenoxy) is 6. The summed E-state index contributed by atoms with van der Waals surface area (Å²) in [7, 11) is 2.87. The van der Waals surface area contributed by atoms with Crippen molar-refractivity contribution < 1.29 is 94.5 Å². The number of hydrogen-bond donors (Lipinski definition) is 6. The van der Waals surface area contributed by atoms with Crippen molar-refractivity contribution in [1.29, 1.82) is 0 Å². The topological polar surface area (TPSA) is 371 Å². The molecule has 6 aromatic carbocycles. The van der Waals surface area contributed by atoms with Crippen LogP contribution in [0.1, 0.15) is 62.9 Å². The molecule has 33 heteroatoms. The molecule has 0 unspecified atom stereocenters. The van der Waals surface area contributed by atoms with Gasteiger partial charge in [0.05, 0.1) is 83.0 Å². The Hall–Kier alpha value is -13.7. The number of anilines is 3. The molecule has 0 saturated heterocycles. The van der Waals surface area contributed by atoms with E-state index in [2.05, 4.69) is 65.5 Å². The molecule has 27 nitrogen and oxygen atoms in total. The van der Waals surface area contributed by atoms with Crippen molar-refractivity contribution in [2.45, 2.75) is 6.18 Å². The van der Waals surface area contributed by atoms with Gasteiger partial charge < -0.3 is 59.7 Å². The number of carbonyl (C=O) groups is 6. The largest absolute Gasteiger partial charge is 0.497 e. The molecular formula is C67H44ClF5N12O15. The molecule has 6 N–H and O–H groups in total. The van der Waals surface area contributed by atoms with E-state index in [1.807, 2.05) is 0 Å². The number of carbonyl (C=O) groups excluding carboxylic acids is 3. The van der Waals surface area contributed by atoms with E-state index in [1.165, 1.54) is 75.1 Å². The van der Waals surface area contributed by atoms with Gasteiger partial charge in [-0.1, -0.05) is 48.0 Å². The van der Waals surface area contributed by atoms with E-state index >= 15 is 0 Å². The lowest BCUT2D eigenvalue weighted by atomic mass is 10.2. The average molecular weight is 1390 g/mol. The van der Waals surface area contributed by atoms with E-state index in [0.29, 0.717) is 61.4 Å². The minimum atomic E-state index is -4.60. The van der Waals surface area contributed by atoms with Crippen LogP contribution in [-0.2, 0) is 0 Å². The zero-order valence-corrected chi connectivity index (χ0v) is 51.8. The number of methoxy groups -OCH3 is 2. The number of fused-ring (bicyclic) bond motifs is 3. The van der Waals surface area contributed by atoms with Gasteiger partial charge in [-0.3, -0.25) is 14.4 Å². The molecule has 100 heavy (non-hydrogen) atoms. The van der Waals surface area contributed by atoms with Crippen LogP contribution in [0.4, 0.5) is 39.0 Å². The molecule has 6 heterocycles. The SMILES string of the molecule is COc1cc(Cl)ccc1Oc1nc2ccccc2nc1C(=O)Nc1ccc(C(=O)O)nc1.COc1ccc(Oc2nc3ccccc3nc2C(=O)Nc2ccc(C(=O)O)nc2)c(F)c1.O=C(O)c1ccc(NC(=O)c2nc3ccccc3nc2Oc2ccc(OCC(F)(F)F)cc2F)cn1. The summed E-state index contributed by atoms with van der Waals surface area (Å²) in [5.41, 5.74) is 2.03. The third-order valence-corrected chi connectivity index (χ3v) is 13.4. The van der Waals surface area contributed by atoms with E-state index in [0.717, 1.165) is 24.4 Å². The van der Waals surface area contributed by atoms with E-state index in [4.69, 9.17) is 50.6 Å². The number of rotatable bonds is 19. The molecule has 0 bridgehead atoms. The van der Waals surface area contributed by atoms with Crippen LogP contribution >= 0.6 is 11.6 Å². The molecule has 0 atom stereocenters. The molecule has 3 amide bonds. The second-order valence-electron chi connectivity index (χ2n) is 20.1. The minimum Gasteiger partial charge on any atom is -0.497 e. The van der Waals surface area contributed by atoms with Crippen LogP contribution in [0.3, 0.4) is 0 Å². The van der Waals surface area contributed by atoms with Crippen LogP contribution in [0, 0.1) is 11.6 Å². The fourth-order valence-electron chi connectivity index (χ4n) is 8.51. The number of nitrogens with one attached hydrogen (secondary N) is 3. The Bertz CT molecular complexity index is 5110. The van der Waals surface area contributed by atoms with E-state index in [1.54, 1.807) is 91.0 Å². The molecular weight excluding hydrogens is 1340 g/mol. The van der Waals surface area contributed by atoms with Crippen LogP contribution < -0.4 is 44.4 Å². The molecule has 0 aliphatic carbocycles. The highest BCUT2D eigenvalue weighted by Gasteiger charge is 2.29. The first-order valence-electron chi connectivity index (χ1n) is 28.5. The molecule has 0 radical (unpaired) electrons. The quantitative estimate of drug-likeness (QED) is 0.0410. The highest BCUT2D eigenvalue weighted by molar-refractivity contribution is 6.30. The van der Waals surface area contributed by atoms with Crippen LogP contribution in [0.5, 0.6) is 52.1 Å². The van der Waals surface area contributed by atoms with Gasteiger partial charge in [-0.2, -0.15) is 13.2 Å². The van der Waals surface area contributed by atoms with Gasteiger partial charge in [0.1, 0.15) is 28.6 Å². The number of hydrogen-bond acceptors (Lipinski definition) is 21. The number of carboxylic acids is 3. The molecule has 12 aromatic rings.